The van der Waals surface area contributed by atoms with Crippen molar-refractivity contribution in [2.45, 2.75) is 46.2 Å². The van der Waals surface area contributed by atoms with Crippen molar-refractivity contribution in [1.82, 2.24) is 9.78 Å². The first kappa shape index (κ1) is 14.8. The molecule has 2 rings (SSSR count). The third kappa shape index (κ3) is 2.37. The normalized spacial score (nSPS) is 22.5. The Hall–Kier alpha value is -1.63. The molecule has 0 spiro atoms. The van der Waals surface area contributed by atoms with Crippen LogP contribution in [0.15, 0.2) is 0 Å². The van der Waals surface area contributed by atoms with Crippen molar-refractivity contribution in [1.29, 1.82) is 0 Å². The summed E-state index contributed by atoms with van der Waals surface area (Å²) in [6.45, 7) is 7.13. The summed E-state index contributed by atoms with van der Waals surface area (Å²) in [6.07, 6.45) is 1.79. The highest BCUT2D eigenvalue weighted by Gasteiger charge is 2.38. The van der Waals surface area contributed by atoms with Crippen molar-refractivity contribution in [2.24, 2.45) is 5.92 Å². The molecule has 0 aromatic carbocycles. The quantitative estimate of drug-likeness (QED) is 0.656. The van der Waals surface area contributed by atoms with E-state index in [1.807, 2.05) is 11.8 Å². The average Bonchev–Trinajstić information content (AvgIpc) is 2.89. The summed E-state index contributed by atoms with van der Waals surface area (Å²) in [5, 5.41) is 25.3. The third-order valence-electron chi connectivity index (χ3n) is 4.03. The molecule has 2 heterocycles. The maximum Gasteiger partial charge on any atom is 0.333 e. The second kappa shape index (κ2) is 5.78. The molecule has 0 aliphatic carbocycles. The molecule has 1 fully saturated rings. The Morgan fingerprint density at radius 2 is 2.25 bits per heavy atom. The van der Waals surface area contributed by atoms with Crippen LogP contribution >= 0.6 is 0 Å². The Kier molecular flexibility index (Phi) is 4.27. The minimum absolute atomic E-state index is 0.00860. The zero-order valence-electron chi connectivity index (χ0n) is 12.2. The fourth-order valence-corrected chi connectivity index (χ4v) is 2.98. The fourth-order valence-electron chi connectivity index (χ4n) is 2.98. The molecule has 0 saturated carbocycles. The molecule has 1 aromatic heterocycles. The van der Waals surface area contributed by atoms with E-state index in [1.165, 1.54) is 0 Å². The fraction of sp³-hybridized carbons (Fsp3) is 0.769. The van der Waals surface area contributed by atoms with Crippen molar-refractivity contribution in [3.63, 3.8) is 0 Å². The Morgan fingerprint density at radius 1 is 1.55 bits per heavy atom. The van der Waals surface area contributed by atoms with E-state index in [2.05, 4.69) is 12.0 Å². The molecule has 1 N–H and O–H groups in total. The molecule has 1 aromatic rings. The molecular weight excluding hydrogens is 260 g/mol. The molecule has 20 heavy (non-hydrogen) atoms. The second-order valence-electron chi connectivity index (χ2n) is 5.45. The summed E-state index contributed by atoms with van der Waals surface area (Å²) in [5.41, 5.74) is 0.515. The molecule has 7 nitrogen and oxygen atoms in total. The van der Waals surface area contributed by atoms with Crippen LogP contribution in [0.4, 0.5) is 11.5 Å². The van der Waals surface area contributed by atoms with E-state index in [9.17, 15) is 15.2 Å². The number of rotatable bonds is 5. The Labute approximate surface area is 118 Å². The van der Waals surface area contributed by atoms with Gasteiger partial charge in [-0.25, -0.2) is 4.68 Å². The lowest BCUT2D eigenvalue weighted by atomic mass is 10.0. The van der Waals surface area contributed by atoms with Crippen LogP contribution in [0.5, 0.6) is 0 Å². The number of nitrogens with zero attached hydrogens (tertiary/aromatic N) is 4. The van der Waals surface area contributed by atoms with Crippen molar-refractivity contribution in [3.05, 3.63) is 15.8 Å². The molecule has 0 amide bonds. The van der Waals surface area contributed by atoms with Crippen LogP contribution in [0.3, 0.4) is 0 Å². The number of anilines is 1. The number of hydrogen-bond donors (Lipinski definition) is 1. The van der Waals surface area contributed by atoms with Crippen molar-refractivity contribution >= 4 is 11.5 Å². The Balaban J connectivity index is 2.50. The van der Waals surface area contributed by atoms with Crippen LogP contribution in [0.25, 0.3) is 0 Å². The van der Waals surface area contributed by atoms with Crippen LogP contribution < -0.4 is 4.90 Å². The largest absolute Gasteiger partial charge is 0.394 e. The topological polar surface area (TPSA) is 84.4 Å². The summed E-state index contributed by atoms with van der Waals surface area (Å²) >= 11 is 0. The van der Waals surface area contributed by atoms with Gasteiger partial charge in [0.15, 0.2) is 0 Å². The van der Waals surface area contributed by atoms with E-state index < -0.39 is 0 Å². The third-order valence-corrected chi connectivity index (χ3v) is 4.03. The molecule has 0 bridgehead atoms. The monoisotopic (exact) mass is 282 g/mol. The number of aryl methyl sites for hydroxylation is 2. The molecule has 112 valence electrons. The average molecular weight is 282 g/mol. The lowest BCUT2D eigenvalue weighted by Gasteiger charge is -2.26. The molecule has 0 radical (unpaired) electrons. The van der Waals surface area contributed by atoms with Crippen LogP contribution in [0.2, 0.25) is 0 Å². The number of aliphatic hydroxyl groups excluding tert-OH is 1. The van der Waals surface area contributed by atoms with Gasteiger partial charge in [0.2, 0.25) is 5.82 Å². The molecule has 1 aliphatic heterocycles. The van der Waals surface area contributed by atoms with Gasteiger partial charge in [-0.2, -0.15) is 5.10 Å². The van der Waals surface area contributed by atoms with Crippen LogP contribution in [-0.4, -0.2) is 39.0 Å². The van der Waals surface area contributed by atoms with Gasteiger partial charge in [-0.15, -0.1) is 0 Å². The zero-order chi connectivity index (χ0) is 14.9. The minimum atomic E-state index is -0.360. The number of aromatic nitrogens is 2. The summed E-state index contributed by atoms with van der Waals surface area (Å²) in [7, 11) is 0. The first-order valence-electron chi connectivity index (χ1n) is 7.10. The highest BCUT2D eigenvalue weighted by atomic mass is 16.6. The predicted molar refractivity (Wildman–Crippen MR) is 75.9 cm³/mol. The summed E-state index contributed by atoms with van der Waals surface area (Å²) in [6, 6.07) is -0.0691. The van der Waals surface area contributed by atoms with Gasteiger partial charge in [0.05, 0.1) is 17.6 Å². The Bertz CT molecular complexity index is 500. The van der Waals surface area contributed by atoms with Crippen LogP contribution in [0.1, 0.15) is 32.4 Å². The van der Waals surface area contributed by atoms with E-state index in [0.29, 0.717) is 24.0 Å². The standard InChI is InChI=1S/C13H22N4O3/c1-4-6-16-13(12(17(19)20)10(3)14-16)15-7-5-9(2)11(15)8-18/h9,11,18H,4-8H2,1-3H3. The van der Waals surface area contributed by atoms with Crippen molar-refractivity contribution in [2.75, 3.05) is 18.1 Å². The van der Waals surface area contributed by atoms with E-state index in [4.69, 9.17) is 0 Å². The molecule has 2 unspecified atom stereocenters. The van der Waals surface area contributed by atoms with Gasteiger partial charge in [0, 0.05) is 13.1 Å². The van der Waals surface area contributed by atoms with E-state index in [1.54, 1.807) is 11.6 Å². The number of aliphatic hydroxyl groups is 1. The highest BCUT2D eigenvalue weighted by Crippen LogP contribution is 2.37. The first-order chi connectivity index (χ1) is 9.51. The molecule has 2 atom stereocenters. The first-order valence-corrected chi connectivity index (χ1v) is 7.10. The maximum atomic E-state index is 11.4. The van der Waals surface area contributed by atoms with E-state index >= 15 is 0 Å². The van der Waals surface area contributed by atoms with Crippen molar-refractivity contribution in [3.8, 4) is 0 Å². The van der Waals surface area contributed by atoms with Gasteiger partial charge < -0.3 is 10.0 Å². The second-order valence-corrected chi connectivity index (χ2v) is 5.45. The van der Waals surface area contributed by atoms with E-state index in [-0.39, 0.29) is 23.3 Å². The maximum absolute atomic E-state index is 11.4. The SMILES string of the molecule is CCCn1nc(C)c([N+](=O)[O-])c1N1CCC(C)C1CO. The predicted octanol–water partition coefficient (Wildman–Crippen LogP) is 1.72. The van der Waals surface area contributed by atoms with Gasteiger partial charge in [0.1, 0.15) is 5.69 Å². The summed E-state index contributed by atoms with van der Waals surface area (Å²) in [4.78, 5) is 13.0. The number of hydrogen-bond acceptors (Lipinski definition) is 5. The van der Waals surface area contributed by atoms with Gasteiger partial charge in [-0.3, -0.25) is 10.1 Å². The molecular formula is C13H22N4O3. The van der Waals surface area contributed by atoms with Gasteiger partial charge >= 0.3 is 5.69 Å². The number of nitro groups is 1. The minimum Gasteiger partial charge on any atom is -0.394 e. The van der Waals surface area contributed by atoms with E-state index in [0.717, 1.165) is 19.4 Å². The molecule has 7 heteroatoms. The zero-order valence-corrected chi connectivity index (χ0v) is 12.2. The summed E-state index contributed by atoms with van der Waals surface area (Å²) in [5.74, 6) is 0.877. The van der Waals surface area contributed by atoms with Gasteiger partial charge in [-0.1, -0.05) is 13.8 Å². The smallest absolute Gasteiger partial charge is 0.333 e. The molecule has 1 aliphatic rings. The van der Waals surface area contributed by atoms with Crippen molar-refractivity contribution < 1.29 is 10.0 Å². The lowest BCUT2D eigenvalue weighted by molar-refractivity contribution is -0.384. The summed E-state index contributed by atoms with van der Waals surface area (Å²) < 4.78 is 1.72. The Morgan fingerprint density at radius 3 is 2.80 bits per heavy atom. The highest BCUT2D eigenvalue weighted by molar-refractivity contribution is 5.62. The van der Waals surface area contributed by atoms with Crippen LogP contribution in [0, 0.1) is 23.0 Å². The lowest BCUT2D eigenvalue weighted by Crippen LogP contribution is -2.37. The van der Waals surface area contributed by atoms with Gasteiger partial charge in [-0.05, 0) is 25.7 Å². The van der Waals surface area contributed by atoms with Crippen LogP contribution in [-0.2, 0) is 6.54 Å². The molecule has 1 saturated heterocycles. The van der Waals surface area contributed by atoms with Gasteiger partial charge in [0.25, 0.3) is 0 Å².